The van der Waals surface area contributed by atoms with Gasteiger partial charge in [0.2, 0.25) is 0 Å². The van der Waals surface area contributed by atoms with Crippen molar-refractivity contribution in [1.29, 1.82) is 0 Å². The second kappa shape index (κ2) is 4.48. The molecule has 0 aromatic carbocycles. The van der Waals surface area contributed by atoms with E-state index in [9.17, 15) is 5.11 Å². The molecule has 1 aliphatic rings. The van der Waals surface area contributed by atoms with Gasteiger partial charge in [-0.15, -0.1) is 12.3 Å². The van der Waals surface area contributed by atoms with Crippen molar-refractivity contribution in [3.8, 4) is 12.3 Å². The number of allylic oxidation sites excluding steroid dienone is 1. The second-order valence-electron chi connectivity index (χ2n) is 3.87. The highest BCUT2D eigenvalue weighted by Gasteiger charge is 2.26. The minimum atomic E-state index is -0.613. The Labute approximate surface area is 80.9 Å². The molecule has 0 spiro atoms. The van der Waals surface area contributed by atoms with Gasteiger partial charge in [0, 0.05) is 6.42 Å². The Kier molecular flexibility index (Phi) is 3.57. The summed E-state index contributed by atoms with van der Waals surface area (Å²) in [5.74, 6) is 3.23. The molecule has 0 aromatic heterocycles. The number of terminal acetylenes is 1. The highest BCUT2D eigenvalue weighted by Crippen LogP contribution is 2.30. The van der Waals surface area contributed by atoms with Crippen LogP contribution in [0, 0.1) is 18.3 Å². The number of hydrogen-bond donors (Lipinski definition) is 1. The van der Waals surface area contributed by atoms with Gasteiger partial charge in [-0.2, -0.15) is 0 Å². The van der Waals surface area contributed by atoms with Crippen LogP contribution in [0.2, 0.25) is 0 Å². The van der Waals surface area contributed by atoms with Crippen molar-refractivity contribution in [3.05, 3.63) is 12.2 Å². The normalized spacial score (nSPS) is 32.8. The maximum absolute atomic E-state index is 10.0. The van der Waals surface area contributed by atoms with Gasteiger partial charge in [0.05, 0.1) is 5.60 Å². The first kappa shape index (κ1) is 10.3. The average molecular weight is 178 g/mol. The van der Waals surface area contributed by atoms with Gasteiger partial charge in [0.25, 0.3) is 0 Å². The van der Waals surface area contributed by atoms with E-state index in [0.29, 0.717) is 18.8 Å². The lowest BCUT2D eigenvalue weighted by molar-refractivity contribution is 0.0611. The van der Waals surface area contributed by atoms with E-state index < -0.39 is 5.60 Å². The summed E-state index contributed by atoms with van der Waals surface area (Å²) in [7, 11) is 0. The molecule has 1 nitrogen and oxygen atoms in total. The summed E-state index contributed by atoms with van der Waals surface area (Å²) >= 11 is 0. The zero-order valence-corrected chi connectivity index (χ0v) is 8.29. The van der Waals surface area contributed by atoms with E-state index in [1.54, 1.807) is 0 Å². The van der Waals surface area contributed by atoms with Crippen LogP contribution in [0.5, 0.6) is 0 Å². The molecule has 2 atom stereocenters. The van der Waals surface area contributed by atoms with Crippen LogP contribution < -0.4 is 0 Å². The smallest absolute Gasteiger partial charge is 0.0837 e. The van der Waals surface area contributed by atoms with Gasteiger partial charge in [0.1, 0.15) is 0 Å². The third-order valence-corrected chi connectivity index (χ3v) is 2.85. The summed E-state index contributed by atoms with van der Waals surface area (Å²) < 4.78 is 0. The molecule has 0 amide bonds. The van der Waals surface area contributed by atoms with Crippen LogP contribution in [0.1, 0.15) is 39.0 Å². The minimum Gasteiger partial charge on any atom is -0.386 e. The van der Waals surface area contributed by atoms with Crippen molar-refractivity contribution >= 4 is 0 Å². The Hall–Kier alpha value is -0.740. The van der Waals surface area contributed by atoms with Gasteiger partial charge in [-0.05, 0) is 31.6 Å². The molecule has 1 N–H and O–H groups in total. The van der Waals surface area contributed by atoms with Gasteiger partial charge in [-0.25, -0.2) is 0 Å². The van der Waals surface area contributed by atoms with Crippen molar-refractivity contribution in [2.45, 2.75) is 44.6 Å². The predicted octanol–water partition coefficient (Wildman–Crippen LogP) is 2.51. The largest absolute Gasteiger partial charge is 0.386 e. The van der Waals surface area contributed by atoms with Gasteiger partial charge in [0.15, 0.2) is 0 Å². The molecule has 1 rings (SSSR count). The molecule has 1 aliphatic carbocycles. The summed E-state index contributed by atoms with van der Waals surface area (Å²) in [6.45, 7) is 2.18. The Morgan fingerprint density at radius 2 is 2.46 bits per heavy atom. The van der Waals surface area contributed by atoms with Crippen molar-refractivity contribution < 1.29 is 5.11 Å². The summed E-state index contributed by atoms with van der Waals surface area (Å²) in [4.78, 5) is 0. The first-order valence-corrected chi connectivity index (χ1v) is 5.05. The summed E-state index contributed by atoms with van der Waals surface area (Å²) in [6.07, 6.45) is 13.8. The van der Waals surface area contributed by atoms with E-state index in [1.165, 1.54) is 6.42 Å². The highest BCUT2D eigenvalue weighted by molar-refractivity contribution is 5.08. The Morgan fingerprint density at radius 3 is 2.92 bits per heavy atom. The van der Waals surface area contributed by atoms with Gasteiger partial charge >= 0.3 is 0 Å². The quantitative estimate of drug-likeness (QED) is 0.520. The Balaban J connectivity index is 2.49. The zero-order valence-electron chi connectivity index (χ0n) is 8.29. The maximum atomic E-state index is 10.0. The van der Waals surface area contributed by atoms with Crippen LogP contribution in [0.3, 0.4) is 0 Å². The van der Waals surface area contributed by atoms with Crippen LogP contribution in [-0.4, -0.2) is 10.7 Å². The molecule has 0 aromatic rings. The molecule has 0 radical (unpaired) electrons. The lowest BCUT2D eigenvalue weighted by atomic mass is 9.82. The van der Waals surface area contributed by atoms with Gasteiger partial charge in [-0.1, -0.05) is 19.1 Å². The molecule has 0 aliphatic heterocycles. The molecule has 0 saturated heterocycles. The van der Waals surface area contributed by atoms with E-state index >= 15 is 0 Å². The highest BCUT2D eigenvalue weighted by atomic mass is 16.3. The van der Waals surface area contributed by atoms with Crippen LogP contribution in [-0.2, 0) is 0 Å². The van der Waals surface area contributed by atoms with Gasteiger partial charge in [-0.3, -0.25) is 0 Å². The van der Waals surface area contributed by atoms with Crippen LogP contribution in [0.15, 0.2) is 12.2 Å². The van der Waals surface area contributed by atoms with E-state index in [1.807, 2.05) is 6.08 Å². The number of hydrogen-bond acceptors (Lipinski definition) is 1. The SMILES string of the molecule is C#CCCC1(O)C=CC(CC)CC1. The van der Waals surface area contributed by atoms with Crippen molar-refractivity contribution in [2.75, 3.05) is 0 Å². The third kappa shape index (κ3) is 2.90. The van der Waals surface area contributed by atoms with Crippen LogP contribution >= 0.6 is 0 Å². The second-order valence-corrected chi connectivity index (χ2v) is 3.87. The first-order chi connectivity index (χ1) is 6.20. The Morgan fingerprint density at radius 1 is 1.69 bits per heavy atom. The van der Waals surface area contributed by atoms with E-state index in [2.05, 4.69) is 18.9 Å². The van der Waals surface area contributed by atoms with Gasteiger partial charge < -0.3 is 5.11 Å². The fraction of sp³-hybridized carbons (Fsp3) is 0.667. The predicted molar refractivity (Wildman–Crippen MR) is 55.2 cm³/mol. The molecule has 0 bridgehead atoms. The molecule has 0 fully saturated rings. The molecule has 1 heteroatoms. The van der Waals surface area contributed by atoms with E-state index in [4.69, 9.17) is 6.42 Å². The maximum Gasteiger partial charge on any atom is 0.0837 e. The fourth-order valence-corrected chi connectivity index (χ4v) is 1.77. The Bertz CT molecular complexity index is 224. The monoisotopic (exact) mass is 178 g/mol. The average Bonchev–Trinajstić information content (AvgIpc) is 2.16. The van der Waals surface area contributed by atoms with Crippen molar-refractivity contribution in [3.63, 3.8) is 0 Å². The molecule has 13 heavy (non-hydrogen) atoms. The van der Waals surface area contributed by atoms with Crippen LogP contribution in [0.4, 0.5) is 0 Å². The zero-order chi connectivity index (χ0) is 9.73. The molecular formula is C12H18O. The number of rotatable bonds is 3. The summed E-state index contributed by atoms with van der Waals surface area (Å²) in [6, 6.07) is 0. The first-order valence-electron chi connectivity index (χ1n) is 5.05. The van der Waals surface area contributed by atoms with E-state index in [-0.39, 0.29) is 0 Å². The summed E-state index contributed by atoms with van der Waals surface area (Å²) in [5.41, 5.74) is -0.613. The molecule has 72 valence electrons. The lowest BCUT2D eigenvalue weighted by Crippen LogP contribution is -2.29. The third-order valence-electron chi connectivity index (χ3n) is 2.85. The fourth-order valence-electron chi connectivity index (χ4n) is 1.77. The topological polar surface area (TPSA) is 20.2 Å². The van der Waals surface area contributed by atoms with Crippen molar-refractivity contribution in [2.24, 2.45) is 5.92 Å². The minimum absolute atomic E-state index is 0.613. The van der Waals surface area contributed by atoms with E-state index in [0.717, 1.165) is 12.8 Å². The standard InChI is InChI=1S/C12H18O/c1-3-5-8-12(13)9-6-11(4-2)7-10-12/h1,6,9,11,13H,4-5,7-8,10H2,2H3. The summed E-state index contributed by atoms with van der Waals surface area (Å²) in [5, 5.41) is 10.0. The van der Waals surface area contributed by atoms with Crippen molar-refractivity contribution in [1.82, 2.24) is 0 Å². The molecular weight excluding hydrogens is 160 g/mol. The number of aliphatic hydroxyl groups is 1. The van der Waals surface area contributed by atoms with Crippen LogP contribution in [0.25, 0.3) is 0 Å². The molecule has 0 saturated carbocycles. The lowest BCUT2D eigenvalue weighted by Gasteiger charge is -2.30. The molecule has 2 unspecified atom stereocenters. The molecule has 0 heterocycles.